The molecule has 1 N–H and O–H groups in total. The third kappa shape index (κ3) is 4.05. The van der Waals surface area contributed by atoms with Crippen LogP contribution in [0, 0.1) is 11.8 Å². The first-order chi connectivity index (χ1) is 7.24. The number of hydrogen-bond donors (Lipinski definition) is 1. The summed E-state index contributed by atoms with van der Waals surface area (Å²) in [4.78, 5) is 0. The highest BCUT2D eigenvalue weighted by molar-refractivity contribution is 5.46. The quantitative estimate of drug-likeness (QED) is 0.759. The van der Waals surface area contributed by atoms with Crippen LogP contribution in [0.25, 0.3) is 0 Å². The number of ether oxygens (including phenoxy) is 1. The van der Waals surface area contributed by atoms with Gasteiger partial charge < -0.3 is 10.1 Å². The predicted molar refractivity (Wildman–Crippen MR) is 63.0 cm³/mol. The molecule has 0 bridgehead atoms. The van der Waals surface area contributed by atoms with Crippen LogP contribution in [0.4, 0.5) is 0 Å². The molecule has 0 amide bonds. The molecule has 0 saturated heterocycles. The Balaban J connectivity index is 2.83. The monoisotopic (exact) mass is 203 g/mol. The molecule has 1 aromatic rings. The Labute approximate surface area is 91.6 Å². The summed E-state index contributed by atoms with van der Waals surface area (Å²) in [5, 5.41) is 2.98. The molecule has 0 aliphatic carbocycles. The van der Waals surface area contributed by atoms with Crippen LogP contribution in [-0.2, 0) is 0 Å². The Morgan fingerprint density at radius 3 is 2.73 bits per heavy atom. The van der Waals surface area contributed by atoms with E-state index in [-0.39, 0.29) is 6.10 Å². The molecule has 15 heavy (non-hydrogen) atoms. The molecule has 0 saturated carbocycles. The standard InChI is InChI=1S/C13H17NO/c1-11(2)15-13-9-5-4-7-12(13)8-6-10-14-3/h4-5,7,9,11,14H,10H2,1-3H3. The van der Waals surface area contributed by atoms with Crippen molar-refractivity contribution in [2.24, 2.45) is 0 Å². The lowest BCUT2D eigenvalue weighted by Gasteiger charge is -2.10. The molecular formula is C13H17NO. The maximum Gasteiger partial charge on any atom is 0.135 e. The summed E-state index contributed by atoms with van der Waals surface area (Å²) >= 11 is 0. The van der Waals surface area contributed by atoms with Crippen molar-refractivity contribution < 1.29 is 4.74 Å². The van der Waals surface area contributed by atoms with Gasteiger partial charge in [-0.3, -0.25) is 0 Å². The minimum Gasteiger partial charge on any atom is -0.490 e. The summed E-state index contributed by atoms with van der Waals surface area (Å²) in [5.74, 6) is 6.96. The van der Waals surface area contributed by atoms with E-state index in [1.807, 2.05) is 45.2 Å². The van der Waals surface area contributed by atoms with E-state index in [1.165, 1.54) is 0 Å². The Bertz CT molecular complexity index is 360. The summed E-state index contributed by atoms with van der Waals surface area (Å²) in [6.07, 6.45) is 0.178. The summed E-state index contributed by atoms with van der Waals surface area (Å²) in [7, 11) is 1.88. The minimum atomic E-state index is 0.178. The van der Waals surface area contributed by atoms with Crippen molar-refractivity contribution in [3.8, 4) is 17.6 Å². The molecule has 2 heteroatoms. The van der Waals surface area contributed by atoms with Gasteiger partial charge >= 0.3 is 0 Å². The summed E-state index contributed by atoms with van der Waals surface area (Å²) in [5.41, 5.74) is 0.946. The van der Waals surface area contributed by atoms with E-state index in [0.29, 0.717) is 6.54 Å². The molecule has 0 heterocycles. The van der Waals surface area contributed by atoms with E-state index in [4.69, 9.17) is 4.74 Å². The second-order valence-electron chi connectivity index (χ2n) is 3.49. The minimum absolute atomic E-state index is 0.178. The fraction of sp³-hybridized carbons (Fsp3) is 0.385. The fourth-order valence-electron chi connectivity index (χ4n) is 1.15. The molecule has 0 aromatic heterocycles. The molecule has 0 spiro atoms. The zero-order chi connectivity index (χ0) is 11.1. The van der Waals surface area contributed by atoms with E-state index >= 15 is 0 Å². The van der Waals surface area contributed by atoms with Crippen LogP contribution in [0.1, 0.15) is 19.4 Å². The lowest BCUT2D eigenvalue weighted by molar-refractivity contribution is 0.242. The maximum absolute atomic E-state index is 5.65. The van der Waals surface area contributed by atoms with E-state index in [9.17, 15) is 0 Å². The SMILES string of the molecule is CNCC#Cc1ccccc1OC(C)C. The fourth-order valence-corrected chi connectivity index (χ4v) is 1.15. The van der Waals surface area contributed by atoms with E-state index in [2.05, 4.69) is 17.2 Å². The zero-order valence-electron chi connectivity index (χ0n) is 9.50. The largest absolute Gasteiger partial charge is 0.490 e. The summed E-state index contributed by atoms with van der Waals surface area (Å²) in [6.45, 7) is 4.71. The van der Waals surface area contributed by atoms with Gasteiger partial charge in [-0.1, -0.05) is 24.0 Å². The molecule has 0 unspecified atom stereocenters. The highest BCUT2D eigenvalue weighted by Crippen LogP contribution is 2.17. The lowest BCUT2D eigenvalue weighted by atomic mass is 10.2. The van der Waals surface area contributed by atoms with E-state index in [1.54, 1.807) is 0 Å². The first-order valence-corrected chi connectivity index (χ1v) is 5.13. The average molecular weight is 203 g/mol. The molecule has 1 aromatic carbocycles. The Morgan fingerprint density at radius 1 is 1.33 bits per heavy atom. The van der Waals surface area contributed by atoms with Gasteiger partial charge in [0.05, 0.1) is 18.2 Å². The predicted octanol–water partition coefficient (Wildman–Crippen LogP) is 2.04. The smallest absolute Gasteiger partial charge is 0.135 e. The van der Waals surface area contributed by atoms with Gasteiger partial charge in [0, 0.05) is 0 Å². The van der Waals surface area contributed by atoms with Crippen molar-refractivity contribution in [3.63, 3.8) is 0 Å². The molecule has 0 aliphatic heterocycles. The Hall–Kier alpha value is -1.46. The van der Waals surface area contributed by atoms with Crippen LogP contribution in [0.2, 0.25) is 0 Å². The van der Waals surface area contributed by atoms with Crippen LogP contribution in [-0.4, -0.2) is 19.7 Å². The van der Waals surface area contributed by atoms with Crippen molar-refractivity contribution in [1.82, 2.24) is 5.32 Å². The Kier molecular flexibility index (Phi) is 4.73. The van der Waals surface area contributed by atoms with Crippen LogP contribution in [0.15, 0.2) is 24.3 Å². The highest BCUT2D eigenvalue weighted by Gasteiger charge is 2.01. The van der Waals surface area contributed by atoms with Gasteiger partial charge in [-0.2, -0.15) is 0 Å². The molecule has 0 radical (unpaired) electrons. The van der Waals surface area contributed by atoms with Crippen LogP contribution in [0.5, 0.6) is 5.75 Å². The van der Waals surface area contributed by atoms with Crippen molar-refractivity contribution in [2.75, 3.05) is 13.6 Å². The number of benzene rings is 1. The topological polar surface area (TPSA) is 21.3 Å². The normalized spacial score (nSPS) is 9.60. The van der Waals surface area contributed by atoms with Crippen molar-refractivity contribution >= 4 is 0 Å². The first kappa shape index (κ1) is 11.6. The van der Waals surface area contributed by atoms with Crippen molar-refractivity contribution in [2.45, 2.75) is 20.0 Å². The molecule has 2 nitrogen and oxygen atoms in total. The van der Waals surface area contributed by atoms with Crippen LogP contribution in [0.3, 0.4) is 0 Å². The molecule has 1 rings (SSSR count). The average Bonchev–Trinajstić information content (AvgIpc) is 2.20. The van der Waals surface area contributed by atoms with Gasteiger partial charge in [0.25, 0.3) is 0 Å². The summed E-state index contributed by atoms with van der Waals surface area (Å²) in [6, 6.07) is 7.85. The van der Waals surface area contributed by atoms with Crippen LogP contribution < -0.4 is 10.1 Å². The van der Waals surface area contributed by atoms with Gasteiger partial charge in [-0.15, -0.1) is 0 Å². The third-order valence-electron chi connectivity index (χ3n) is 1.74. The summed E-state index contributed by atoms with van der Waals surface area (Å²) < 4.78 is 5.65. The van der Waals surface area contributed by atoms with Crippen molar-refractivity contribution in [3.05, 3.63) is 29.8 Å². The lowest BCUT2D eigenvalue weighted by Crippen LogP contribution is -2.07. The van der Waals surface area contributed by atoms with Gasteiger partial charge in [0.2, 0.25) is 0 Å². The van der Waals surface area contributed by atoms with Gasteiger partial charge in [-0.25, -0.2) is 0 Å². The molecule has 0 aliphatic rings. The molecule has 0 fully saturated rings. The van der Waals surface area contributed by atoms with Crippen LogP contribution >= 0.6 is 0 Å². The third-order valence-corrected chi connectivity index (χ3v) is 1.74. The van der Waals surface area contributed by atoms with E-state index < -0.39 is 0 Å². The second kappa shape index (κ2) is 6.10. The molecule has 80 valence electrons. The molecular weight excluding hydrogens is 186 g/mol. The molecule has 0 atom stereocenters. The van der Waals surface area contributed by atoms with Crippen molar-refractivity contribution in [1.29, 1.82) is 0 Å². The number of nitrogens with one attached hydrogen (secondary N) is 1. The maximum atomic E-state index is 5.65. The number of hydrogen-bond acceptors (Lipinski definition) is 2. The highest BCUT2D eigenvalue weighted by atomic mass is 16.5. The number of rotatable bonds is 3. The first-order valence-electron chi connectivity index (χ1n) is 5.13. The zero-order valence-corrected chi connectivity index (χ0v) is 9.50. The van der Waals surface area contributed by atoms with E-state index in [0.717, 1.165) is 11.3 Å². The number of para-hydroxylation sites is 1. The second-order valence-corrected chi connectivity index (χ2v) is 3.49. The van der Waals surface area contributed by atoms with Gasteiger partial charge in [0.15, 0.2) is 0 Å². The Morgan fingerprint density at radius 2 is 2.07 bits per heavy atom. The van der Waals surface area contributed by atoms with Gasteiger partial charge in [-0.05, 0) is 33.0 Å². The van der Waals surface area contributed by atoms with Gasteiger partial charge in [0.1, 0.15) is 5.75 Å².